The van der Waals surface area contributed by atoms with Crippen molar-refractivity contribution in [1.29, 1.82) is 0 Å². The highest BCUT2D eigenvalue weighted by molar-refractivity contribution is 9.09. The second-order valence-electron chi connectivity index (χ2n) is 5.04. The van der Waals surface area contributed by atoms with Crippen molar-refractivity contribution in [2.75, 3.05) is 5.33 Å². The lowest BCUT2D eigenvalue weighted by Crippen LogP contribution is -2.38. The summed E-state index contributed by atoms with van der Waals surface area (Å²) in [5.41, 5.74) is 0.999. The van der Waals surface area contributed by atoms with Crippen molar-refractivity contribution in [3.63, 3.8) is 0 Å². The summed E-state index contributed by atoms with van der Waals surface area (Å²) < 4.78 is 27.6. The maximum Gasteiger partial charge on any atom is 0.215 e. The summed E-state index contributed by atoms with van der Waals surface area (Å²) in [7, 11) is -3.22. The Labute approximate surface area is 124 Å². The normalized spacial score (nSPS) is 19.2. The number of halogens is 1. The van der Waals surface area contributed by atoms with E-state index in [1.54, 1.807) is 0 Å². The molecule has 1 N–H and O–H groups in total. The van der Waals surface area contributed by atoms with Crippen LogP contribution in [0.25, 0.3) is 0 Å². The summed E-state index contributed by atoms with van der Waals surface area (Å²) >= 11 is 3.40. The maximum absolute atomic E-state index is 12.4. The Balaban J connectivity index is 2.09. The van der Waals surface area contributed by atoms with Gasteiger partial charge >= 0.3 is 0 Å². The lowest BCUT2D eigenvalue weighted by Gasteiger charge is -2.25. The van der Waals surface area contributed by atoms with Gasteiger partial charge in [0.05, 0.1) is 11.3 Å². The van der Waals surface area contributed by atoms with Crippen LogP contribution in [0.2, 0.25) is 0 Å². The van der Waals surface area contributed by atoms with Crippen molar-refractivity contribution in [2.45, 2.75) is 43.4 Å². The Morgan fingerprint density at radius 1 is 1.16 bits per heavy atom. The van der Waals surface area contributed by atoms with Gasteiger partial charge in [-0.25, -0.2) is 13.1 Å². The SMILES string of the molecule is O=S(=O)(NC(CBr)c1ccccc1)C1CCCCC1. The third-order valence-corrected chi connectivity index (χ3v) is 6.26. The van der Waals surface area contributed by atoms with E-state index in [4.69, 9.17) is 0 Å². The second-order valence-corrected chi connectivity index (χ2v) is 7.68. The molecule has 1 atom stereocenters. The molecule has 0 heterocycles. The van der Waals surface area contributed by atoms with Crippen LogP contribution in [0.3, 0.4) is 0 Å². The van der Waals surface area contributed by atoms with Crippen LogP contribution in [0.15, 0.2) is 30.3 Å². The number of benzene rings is 1. The summed E-state index contributed by atoms with van der Waals surface area (Å²) in [5.74, 6) is 0. The van der Waals surface area contributed by atoms with Gasteiger partial charge in [-0.05, 0) is 18.4 Å². The number of alkyl halides is 1. The van der Waals surface area contributed by atoms with Crippen LogP contribution >= 0.6 is 15.9 Å². The molecule has 0 bridgehead atoms. The quantitative estimate of drug-likeness (QED) is 0.831. The van der Waals surface area contributed by atoms with E-state index in [1.807, 2.05) is 30.3 Å². The average Bonchev–Trinajstić information content (AvgIpc) is 2.47. The summed E-state index contributed by atoms with van der Waals surface area (Å²) in [4.78, 5) is 0. The first-order chi connectivity index (χ1) is 9.13. The molecule has 0 aliphatic heterocycles. The summed E-state index contributed by atoms with van der Waals surface area (Å²) in [5, 5.41) is 0.370. The van der Waals surface area contributed by atoms with Gasteiger partial charge in [-0.15, -0.1) is 0 Å². The molecule has 1 saturated carbocycles. The molecule has 0 saturated heterocycles. The minimum absolute atomic E-state index is 0.187. The molecule has 0 aromatic heterocycles. The standard InChI is InChI=1S/C14H20BrNO2S/c15-11-14(12-7-3-1-4-8-12)16-19(17,18)13-9-5-2-6-10-13/h1,3-4,7-8,13-14,16H,2,5-6,9-11H2. The van der Waals surface area contributed by atoms with Crippen molar-refractivity contribution in [3.8, 4) is 0 Å². The number of sulfonamides is 1. The molecule has 0 radical (unpaired) electrons. The Morgan fingerprint density at radius 2 is 1.79 bits per heavy atom. The van der Waals surface area contributed by atoms with Crippen LogP contribution in [0.1, 0.15) is 43.7 Å². The van der Waals surface area contributed by atoms with Crippen molar-refractivity contribution < 1.29 is 8.42 Å². The van der Waals surface area contributed by atoms with E-state index in [9.17, 15) is 8.42 Å². The highest BCUT2D eigenvalue weighted by Gasteiger charge is 2.29. The zero-order valence-electron chi connectivity index (χ0n) is 10.9. The fraction of sp³-hybridized carbons (Fsp3) is 0.571. The highest BCUT2D eigenvalue weighted by atomic mass is 79.9. The lowest BCUT2D eigenvalue weighted by atomic mass is 10.0. The molecule has 1 aromatic rings. The van der Waals surface area contributed by atoms with Crippen LogP contribution in [-0.2, 0) is 10.0 Å². The van der Waals surface area contributed by atoms with Gasteiger partial charge in [-0.3, -0.25) is 0 Å². The van der Waals surface area contributed by atoms with E-state index in [2.05, 4.69) is 20.7 Å². The topological polar surface area (TPSA) is 46.2 Å². The van der Waals surface area contributed by atoms with Gasteiger partial charge in [0.2, 0.25) is 10.0 Å². The van der Waals surface area contributed by atoms with Gasteiger partial charge in [0.25, 0.3) is 0 Å². The predicted molar refractivity (Wildman–Crippen MR) is 81.9 cm³/mol. The van der Waals surface area contributed by atoms with Gasteiger partial charge in [0.15, 0.2) is 0 Å². The third-order valence-electron chi connectivity index (χ3n) is 3.65. The third kappa shape index (κ3) is 4.04. The van der Waals surface area contributed by atoms with Gasteiger partial charge in [-0.1, -0.05) is 65.5 Å². The van der Waals surface area contributed by atoms with Gasteiger partial charge in [0, 0.05) is 5.33 Å². The van der Waals surface area contributed by atoms with Gasteiger partial charge < -0.3 is 0 Å². The van der Waals surface area contributed by atoms with Crippen LogP contribution in [0, 0.1) is 0 Å². The minimum Gasteiger partial charge on any atom is -0.212 e. The largest absolute Gasteiger partial charge is 0.215 e. The van der Waals surface area contributed by atoms with Crippen LogP contribution in [0.5, 0.6) is 0 Å². The van der Waals surface area contributed by atoms with E-state index in [0.717, 1.165) is 37.7 Å². The molecule has 1 unspecified atom stereocenters. The molecule has 106 valence electrons. The maximum atomic E-state index is 12.4. The molecule has 1 aliphatic carbocycles. The summed E-state index contributed by atoms with van der Waals surface area (Å²) in [6.07, 6.45) is 4.79. The summed E-state index contributed by atoms with van der Waals surface area (Å²) in [6.45, 7) is 0. The van der Waals surface area contributed by atoms with E-state index in [-0.39, 0.29) is 11.3 Å². The predicted octanol–water partition coefficient (Wildman–Crippen LogP) is 3.37. The van der Waals surface area contributed by atoms with E-state index < -0.39 is 10.0 Å². The number of nitrogens with one attached hydrogen (secondary N) is 1. The van der Waals surface area contributed by atoms with Crippen LogP contribution in [-0.4, -0.2) is 19.0 Å². The first kappa shape index (κ1) is 15.0. The van der Waals surface area contributed by atoms with Gasteiger partial charge in [-0.2, -0.15) is 0 Å². The molecular formula is C14H20BrNO2S. The summed E-state index contributed by atoms with van der Waals surface area (Å²) in [6, 6.07) is 9.52. The van der Waals surface area contributed by atoms with E-state index in [0.29, 0.717) is 5.33 Å². The number of hydrogen-bond donors (Lipinski definition) is 1. The van der Waals surface area contributed by atoms with Crippen LogP contribution in [0.4, 0.5) is 0 Å². The Hall–Kier alpha value is -0.390. The Kier molecular flexibility index (Phi) is 5.42. The van der Waals surface area contributed by atoms with Crippen molar-refractivity contribution in [1.82, 2.24) is 4.72 Å². The zero-order valence-corrected chi connectivity index (χ0v) is 13.3. The zero-order chi connectivity index (χ0) is 13.7. The Morgan fingerprint density at radius 3 is 2.37 bits per heavy atom. The van der Waals surface area contributed by atoms with Crippen molar-refractivity contribution in [2.24, 2.45) is 0 Å². The number of rotatable bonds is 5. The molecule has 0 amide bonds. The molecule has 1 aliphatic rings. The molecule has 1 aromatic carbocycles. The average molecular weight is 346 g/mol. The molecule has 3 nitrogen and oxygen atoms in total. The fourth-order valence-electron chi connectivity index (χ4n) is 2.54. The highest BCUT2D eigenvalue weighted by Crippen LogP contribution is 2.25. The van der Waals surface area contributed by atoms with E-state index in [1.165, 1.54) is 0 Å². The van der Waals surface area contributed by atoms with Crippen LogP contribution < -0.4 is 4.72 Å². The molecule has 0 spiro atoms. The van der Waals surface area contributed by atoms with Crippen molar-refractivity contribution >= 4 is 26.0 Å². The molecule has 2 rings (SSSR count). The fourth-order valence-corrected chi connectivity index (χ4v) is 5.06. The van der Waals surface area contributed by atoms with Gasteiger partial charge in [0.1, 0.15) is 0 Å². The van der Waals surface area contributed by atoms with Crippen molar-refractivity contribution in [3.05, 3.63) is 35.9 Å². The monoisotopic (exact) mass is 345 g/mol. The second kappa shape index (κ2) is 6.86. The first-order valence-corrected chi connectivity index (χ1v) is 9.42. The minimum atomic E-state index is -3.22. The first-order valence-electron chi connectivity index (χ1n) is 6.75. The van der Waals surface area contributed by atoms with E-state index >= 15 is 0 Å². The molecule has 5 heteroatoms. The molecule has 1 fully saturated rings. The number of hydrogen-bond acceptors (Lipinski definition) is 2. The lowest BCUT2D eigenvalue weighted by molar-refractivity contribution is 0.473. The smallest absolute Gasteiger partial charge is 0.212 e. The Bertz CT molecular complexity index is 483. The molecule has 19 heavy (non-hydrogen) atoms. The molecular weight excluding hydrogens is 326 g/mol.